The molecular formula is C14H14N4O3. The fraction of sp³-hybridized carbons (Fsp3) is 0.286. The molecule has 0 aliphatic heterocycles. The maximum Gasteiger partial charge on any atom is 0.316 e. The van der Waals surface area contributed by atoms with Crippen LogP contribution in [0, 0.1) is 0 Å². The third-order valence-electron chi connectivity index (χ3n) is 2.80. The van der Waals surface area contributed by atoms with Crippen molar-refractivity contribution in [2.24, 2.45) is 0 Å². The van der Waals surface area contributed by atoms with Gasteiger partial charge in [-0.15, -0.1) is 0 Å². The maximum absolute atomic E-state index is 5.45. The molecule has 3 aromatic rings. The summed E-state index contributed by atoms with van der Waals surface area (Å²) in [5, 5.41) is 7.73. The highest BCUT2D eigenvalue weighted by molar-refractivity contribution is 5.58. The second-order valence-electron chi connectivity index (χ2n) is 4.25. The van der Waals surface area contributed by atoms with Crippen LogP contribution >= 0.6 is 0 Å². The molecule has 7 heteroatoms. The molecule has 0 atom stereocenters. The largest absolute Gasteiger partial charge is 0.494 e. The Morgan fingerprint density at radius 2 is 1.86 bits per heavy atom. The van der Waals surface area contributed by atoms with Crippen LogP contribution < -0.4 is 4.74 Å². The van der Waals surface area contributed by atoms with Crippen LogP contribution in [0.15, 0.2) is 33.3 Å². The van der Waals surface area contributed by atoms with Crippen LogP contribution in [0.2, 0.25) is 0 Å². The Labute approximate surface area is 120 Å². The number of hydrogen-bond donors (Lipinski definition) is 0. The van der Waals surface area contributed by atoms with Crippen LogP contribution in [0.1, 0.15) is 19.7 Å². The number of aromatic nitrogens is 4. The third-order valence-corrected chi connectivity index (χ3v) is 2.80. The molecule has 0 bridgehead atoms. The van der Waals surface area contributed by atoms with Crippen LogP contribution in [-0.2, 0) is 6.42 Å². The molecule has 2 aromatic heterocycles. The molecule has 0 saturated carbocycles. The van der Waals surface area contributed by atoms with Gasteiger partial charge in [-0.25, -0.2) is 0 Å². The lowest BCUT2D eigenvalue weighted by Gasteiger charge is -2.02. The summed E-state index contributed by atoms with van der Waals surface area (Å²) >= 11 is 0. The Hall–Kier alpha value is -2.70. The van der Waals surface area contributed by atoms with Crippen molar-refractivity contribution in [3.05, 3.63) is 30.1 Å². The van der Waals surface area contributed by atoms with E-state index >= 15 is 0 Å². The van der Waals surface area contributed by atoms with Crippen molar-refractivity contribution in [2.75, 3.05) is 6.61 Å². The minimum Gasteiger partial charge on any atom is -0.494 e. The average Bonchev–Trinajstić information content (AvgIpc) is 3.17. The van der Waals surface area contributed by atoms with Crippen LogP contribution in [-0.4, -0.2) is 26.9 Å². The topological polar surface area (TPSA) is 87.1 Å². The number of hydrogen-bond acceptors (Lipinski definition) is 7. The Balaban J connectivity index is 1.89. The quantitative estimate of drug-likeness (QED) is 0.712. The Kier molecular flexibility index (Phi) is 3.63. The highest BCUT2D eigenvalue weighted by atomic mass is 16.5. The fourth-order valence-electron chi connectivity index (χ4n) is 1.80. The van der Waals surface area contributed by atoms with E-state index in [1.165, 1.54) is 0 Å². The molecule has 2 heterocycles. The SMILES string of the molecule is CCOc1cccc(-c2noc(-c3nc(CC)no3)n2)c1. The molecule has 1 aromatic carbocycles. The smallest absolute Gasteiger partial charge is 0.316 e. The molecule has 0 aliphatic rings. The van der Waals surface area contributed by atoms with Crippen LogP contribution in [0.25, 0.3) is 23.2 Å². The van der Waals surface area contributed by atoms with Gasteiger partial charge < -0.3 is 13.8 Å². The Morgan fingerprint density at radius 3 is 2.62 bits per heavy atom. The molecule has 0 fully saturated rings. The first-order chi connectivity index (χ1) is 10.3. The maximum atomic E-state index is 5.45. The van der Waals surface area contributed by atoms with Crippen molar-refractivity contribution in [1.82, 2.24) is 20.3 Å². The van der Waals surface area contributed by atoms with E-state index in [-0.39, 0.29) is 11.8 Å². The van der Waals surface area contributed by atoms with Gasteiger partial charge >= 0.3 is 11.8 Å². The van der Waals surface area contributed by atoms with E-state index in [2.05, 4.69) is 20.3 Å². The van der Waals surface area contributed by atoms with Gasteiger partial charge in [0.25, 0.3) is 0 Å². The molecular weight excluding hydrogens is 272 g/mol. The normalized spacial score (nSPS) is 10.8. The third kappa shape index (κ3) is 2.76. The molecule has 0 saturated heterocycles. The van der Waals surface area contributed by atoms with E-state index in [1.54, 1.807) is 0 Å². The molecule has 0 spiro atoms. The minimum absolute atomic E-state index is 0.207. The number of nitrogens with zero attached hydrogens (tertiary/aromatic N) is 4. The second-order valence-corrected chi connectivity index (χ2v) is 4.25. The van der Waals surface area contributed by atoms with Gasteiger partial charge in [-0.1, -0.05) is 29.4 Å². The van der Waals surface area contributed by atoms with Gasteiger partial charge in [0.1, 0.15) is 5.75 Å². The molecule has 0 aliphatic carbocycles. The highest BCUT2D eigenvalue weighted by Gasteiger charge is 2.17. The first kappa shape index (κ1) is 13.3. The number of aryl methyl sites for hydroxylation is 1. The zero-order chi connectivity index (χ0) is 14.7. The van der Waals surface area contributed by atoms with Gasteiger partial charge in [0, 0.05) is 12.0 Å². The predicted molar refractivity (Wildman–Crippen MR) is 73.6 cm³/mol. The molecule has 3 rings (SSSR count). The molecule has 108 valence electrons. The number of ether oxygens (including phenoxy) is 1. The fourth-order valence-corrected chi connectivity index (χ4v) is 1.80. The summed E-state index contributed by atoms with van der Waals surface area (Å²) < 4.78 is 15.7. The summed E-state index contributed by atoms with van der Waals surface area (Å²) in [5.41, 5.74) is 0.797. The standard InChI is InChI=1S/C14H14N4O3/c1-3-11-15-13(20-17-11)14-16-12(18-21-14)9-6-5-7-10(8-9)19-4-2/h5-8H,3-4H2,1-2H3. The lowest BCUT2D eigenvalue weighted by Crippen LogP contribution is -1.91. The Bertz CT molecular complexity index is 735. The van der Waals surface area contributed by atoms with Crippen molar-refractivity contribution in [1.29, 1.82) is 0 Å². The first-order valence-corrected chi connectivity index (χ1v) is 6.70. The van der Waals surface area contributed by atoms with Crippen LogP contribution in [0.4, 0.5) is 0 Å². The minimum atomic E-state index is 0.207. The van der Waals surface area contributed by atoms with Gasteiger partial charge in [-0.05, 0) is 19.1 Å². The van der Waals surface area contributed by atoms with Gasteiger partial charge in [0.2, 0.25) is 5.82 Å². The van der Waals surface area contributed by atoms with E-state index in [1.807, 2.05) is 38.1 Å². The van der Waals surface area contributed by atoms with Crippen LogP contribution in [0.5, 0.6) is 5.75 Å². The van der Waals surface area contributed by atoms with E-state index in [0.29, 0.717) is 24.7 Å². The zero-order valence-corrected chi connectivity index (χ0v) is 11.7. The van der Waals surface area contributed by atoms with Crippen molar-refractivity contribution in [2.45, 2.75) is 20.3 Å². The predicted octanol–water partition coefficient (Wildman–Crippen LogP) is 2.75. The van der Waals surface area contributed by atoms with E-state index < -0.39 is 0 Å². The van der Waals surface area contributed by atoms with E-state index in [4.69, 9.17) is 13.8 Å². The monoisotopic (exact) mass is 286 g/mol. The molecule has 21 heavy (non-hydrogen) atoms. The van der Waals surface area contributed by atoms with Gasteiger partial charge in [-0.3, -0.25) is 0 Å². The molecule has 0 N–H and O–H groups in total. The van der Waals surface area contributed by atoms with Gasteiger partial charge in [-0.2, -0.15) is 9.97 Å². The van der Waals surface area contributed by atoms with Gasteiger partial charge in [0.05, 0.1) is 6.61 Å². The molecule has 7 nitrogen and oxygen atoms in total. The lowest BCUT2D eigenvalue weighted by molar-refractivity contribution is 0.340. The summed E-state index contributed by atoms with van der Waals surface area (Å²) in [5.74, 6) is 2.24. The summed E-state index contributed by atoms with van der Waals surface area (Å²) in [7, 11) is 0. The Morgan fingerprint density at radius 1 is 1.05 bits per heavy atom. The van der Waals surface area contributed by atoms with Gasteiger partial charge in [0.15, 0.2) is 5.82 Å². The van der Waals surface area contributed by atoms with Crippen molar-refractivity contribution in [3.8, 4) is 28.9 Å². The molecule has 0 amide bonds. The van der Waals surface area contributed by atoms with E-state index in [9.17, 15) is 0 Å². The number of rotatable bonds is 5. The lowest BCUT2D eigenvalue weighted by atomic mass is 10.2. The zero-order valence-electron chi connectivity index (χ0n) is 11.7. The van der Waals surface area contributed by atoms with Crippen molar-refractivity contribution < 1.29 is 13.8 Å². The van der Waals surface area contributed by atoms with E-state index in [0.717, 1.165) is 11.3 Å². The molecule has 0 radical (unpaired) electrons. The van der Waals surface area contributed by atoms with Crippen molar-refractivity contribution >= 4 is 0 Å². The van der Waals surface area contributed by atoms with Crippen molar-refractivity contribution in [3.63, 3.8) is 0 Å². The summed E-state index contributed by atoms with van der Waals surface area (Å²) in [6.07, 6.45) is 0.681. The number of benzene rings is 1. The highest BCUT2D eigenvalue weighted by Crippen LogP contribution is 2.24. The first-order valence-electron chi connectivity index (χ1n) is 6.70. The average molecular weight is 286 g/mol. The summed E-state index contributed by atoms with van der Waals surface area (Å²) in [4.78, 5) is 8.42. The molecule has 0 unspecified atom stereocenters. The second kappa shape index (κ2) is 5.74. The summed E-state index contributed by atoms with van der Waals surface area (Å²) in [6.45, 7) is 4.47. The summed E-state index contributed by atoms with van der Waals surface area (Å²) in [6, 6.07) is 7.48. The van der Waals surface area contributed by atoms with Crippen LogP contribution in [0.3, 0.4) is 0 Å².